The molecule has 0 saturated carbocycles. The molecule has 1 aromatic heterocycles. The molecule has 0 bridgehead atoms. The maximum Gasteiger partial charge on any atom is 0.263 e. The van der Waals surface area contributed by atoms with Crippen LogP contribution in [0.5, 0.6) is 0 Å². The highest BCUT2D eigenvalue weighted by Gasteiger charge is 2.10. The molecular formula is C8H12N2O2. The fourth-order valence-electron chi connectivity index (χ4n) is 0.852. The van der Waals surface area contributed by atoms with Crippen molar-refractivity contribution < 1.29 is 9.21 Å². The molecule has 1 rings (SSSR count). The van der Waals surface area contributed by atoms with Crippen LogP contribution in [0.2, 0.25) is 0 Å². The maximum atomic E-state index is 11.2. The van der Waals surface area contributed by atoms with E-state index < -0.39 is 0 Å². The zero-order chi connectivity index (χ0) is 8.97. The maximum absolute atomic E-state index is 11.2. The number of hydrogen-bond acceptors (Lipinski definition) is 4. The minimum absolute atomic E-state index is 0.0754. The number of rotatable bonds is 4. The first-order valence-corrected chi connectivity index (χ1v) is 3.89. The lowest BCUT2D eigenvalue weighted by atomic mass is 10.2. The fourth-order valence-corrected chi connectivity index (χ4v) is 0.852. The molecule has 1 heterocycles. The zero-order valence-electron chi connectivity index (χ0n) is 7.04. The van der Waals surface area contributed by atoms with Crippen molar-refractivity contribution in [1.82, 2.24) is 4.98 Å². The van der Waals surface area contributed by atoms with E-state index >= 15 is 0 Å². The molecule has 0 radical (unpaired) electrons. The fraction of sp³-hybridized carbons (Fsp3) is 0.500. The van der Waals surface area contributed by atoms with Crippen LogP contribution in [0.25, 0.3) is 0 Å². The molecule has 0 atom stereocenters. The number of Topliss-reactive ketones (excluding diaryl/α,β-unsaturated/α-hetero) is 1. The molecule has 0 fully saturated rings. The third-order valence-corrected chi connectivity index (χ3v) is 1.47. The van der Waals surface area contributed by atoms with Gasteiger partial charge in [-0.25, -0.2) is 4.98 Å². The Morgan fingerprint density at radius 2 is 2.50 bits per heavy atom. The Labute approximate surface area is 70.8 Å². The van der Waals surface area contributed by atoms with Gasteiger partial charge in [-0.15, -0.1) is 0 Å². The molecule has 0 saturated heterocycles. The molecule has 2 N–H and O–H groups in total. The van der Waals surface area contributed by atoms with E-state index in [0.29, 0.717) is 19.4 Å². The van der Waals surface area contributed by atoms with E-state index in [9.17, 15) is 4.79 Å². The normalized spacial score (nSPS) is 10.2. The van der Waals surface area contributed by atoms with E-state index in [-0.39, 0.29) is 11.7 Å². The number of carbonyl (C=O) groups is 1. The Bertz CT molecular complexity index is 268. The van der Waals surface area contributed by atoms with E-state index in [1.807, 2.05) is 0 Å². The van der Waals surface area contributed by atoms with Gasteiger partial charge in [-0.3, -0.25) is 4.79 Å². The predicted molar refractivity (Wildman–Crippen MR) is 43.9 cm³/mol. The number of ketones is 1. The van der Waals surface area contributed by atoms with Gasteiger partial charge in [0.1, 0.15) is 6.26 Å². The third kappa shape index (κ3) is 2.17. The summed E-state index contributed by atoms with van der Waals surface area (Å²) in [5.41, 5.74) is 5.98. The van der Waals surface area contributed by atoms with Crippen LogP contribution in [0.1, 0.15) is 29.2 Å². The summed E-state index contributed by atoms with van der Waals surface area (Å²) in [6.07, 6.45) is 2.56. The molecule has 0 aliphatic rings. The largest absolute Gasteiger partial charge is 0.442 e. The Hall–Kier alpha value is -1.16. The molecule has 66 valence electrons. The number of carbonyl (C=O) groups excluding carboxylic acids is 1. The minimum atomic E-state index is -0.0754. The third-order valence-electron chi connectivity index (χ3n) is 1.47. The SMILES string of the molecule is Cc1coc(C(=O)CCCN)n1. The van der Waals surface area contributed by atoms with Crippen molar-refractivity contribution in [2.45, 2.75) is 19.8 Å². The van der Waals surface area contributed by atoms with E-state index in [2.05, 4.69) is 4.98 Å². The van der Waals surface area contributed by atoms with Crippen LogP contribution in [0, 0.1) is 6.92 Å². The van der Waals surface area contributed by atoms with E-state index in [1.54, 1.807) is 6.92 Å². The second-order valence-electron chi connectivity index (χ2n) is 2.61. The molecule has 1 aromatic rings. The average Bonchev–Trinajstić information content (AvgIpc) is 2.47. The Morgan fingerprint density at radius 1 is 1.75 bits per heavy atom. The molecule has 0 aromatic carbocycles. The molecule has 0 aliphatic heterocycles. The van der Waals surface area contributed by atoms with Gasteiger partial charge in [-0.2, -0.15) is 0 Å². The van der Waals surface area contributed by atoms with Gasteiger partial charge < -0.3 is 10.2 Å². The van der Waals surface area contributed by atoms with Crippen molar-refractivity contribution in [1.29, 1.82) is 0 Å². The summed E-state index contributed by atoms with van der Waals surface area (Å²) in [6, 6.07) is 0. The molecule has 0 unspecified atom stereocenters. The number of aryl methyl sites for hydroxylation is 1. The average molecular weight is 168 g/mol. The summed E-state index contributed by atoms with van der Waals surface area (Å²) in [5, 5.41) is 0. The number of aromatic nitrogens is 1. The van der Waals surface area contributed by atoms with Gasteiger partial charge >= 0.3 is 0 Å². The lowest BCUT2D eigenvalue weighted by molar-refractivity contribution is 0.0947. The lowest BCUT2D eigenvalue weighted by Crippen LogP contribution is -2.05. The van der Waals surface area contributed by atoms with Crippen molar-refractivity contribution in [2.24, 2.45) is 5.73 Å². The number of nitrogens with two attached hydrogens (primary N) is 1. The minimum Gasteiger partial charge on any atom is -0.442 e. The molecule has 0 aliphatic carbocycles. The highest BCUT2D eigenvalue weighted by Crippen LogP contribution is 2.04. The van der Waals surface area contributed by atoms with E-state index in [1.165, 1.54) is 6.26 Å². The van der Waals surface area contributed by atoms with Crippen LogP contribution in [0.15, 0.2) is 10.7 Å². The monoisotopic (exact) mass is 168 g/mol. The summed E-state index contributed by atoms with van der Waals surface area (Å²) in [7, 11) is 0. The van der Waals surface area contributed by atoms with Gasteiger partial charge in [0.2, 0.25) is 5.78 Å². The standard InChI is InChI=1S/C8H12N2O2/c1-6-5-12-8(10-6)7(11)3-2-4-9/h5H,2-4,9H2,1H3. The smallest absolute Gasteiger partial charge is 0.263 e. The summed E-state index contributed by atoms with van der Waals surface area (Å²) in [4.78, 5) is 15.1. The first-order valence-electron chi connectivity index (χ1n) is 3.89. The summed E-state index contributed by atoms with van der Waals surface area (Å²) >= 11 is 0. The van der Waals surface area contributed by atoms with Crippen LogP contribution >= 0.6 is 0 Å². The quantitative estimate of drug-likeness (QED) is 0.678. The van der Waals surface area contributed by atoms with E-state index in [4.69, 9.17) is 10.2 Å². The van der Waals surface area contributed by atoms with Gasteiger partial charge in [0.25, 0.3) is 5.89 Å². The van der Waals surface area contributed by atoms with Gasteiger partial charge in [0, 0.05) is 6.42 Å². The predicted octanol–water partition coefficient (Wildman–Crippen LogP) is 0.905. The van der Waals surface area contributed by atoms with Gasteiger partial charge in [0.15, 0.2) is 0 Å². The number of oxazole rings is 1. The number of nitrogens with zero attached hydrogens (tertiary/aromatic N) is 1. The molecule has 4 heteroatoms. The highest BCUT2D eigenvalue weighted by atomic mass is 16.3. The molecule has 4 nitrogen and oxygen atoms in total. The Balaban J connectivity index is 2.53. The molecule has 0 spiro atoms. The van der Waals surface area contributed by atoms with Gasteiger partial charge in [0.05, 0.1) is 5.69 Å². The summed E-state index contributed by atoms with van der Waals surface area (Å²) < 4.78 is 4.92. The van der Waals surface area contributed by atoms with Crippen molar-refractivity contribution >= 4 is 5.78 Å². The molecular weight excluding hydrogens is 156 g/mol. The number of hydrogen-bond donors (Lipinski definition) is 1. The van der Waals surface area contributed by atoms with Gasteiger partial charge in [-0.05, 0) is 19.9 Å². The van der Waals surface area contributed by atoms with Crippen LogP contribution in [-0.4, -0.2) is 17.3 Å². The topological polar surface area (TPSA) is 69.1 Å². The molecule has 12 heavy (non-hydrogen) atoms. The zero-order valence-corrected chi connectivity index (χ0v) is 7.04. The second kappa shape index (κ2) is 4.01. The summed E-state index contributed by atoms with van der Waals surface area (Å²) in [5.74, 6) is 0.120. The van der Waals surface area contributed by atoms with Crippen molar-refractivity contribution in [3.05, 3.63) is 17.8 Å². The van der Waals surface area contributed by atoms with Crippen LogP contribution in [-0.2, 0) is 0 Å². The van der Waals surface area contributed by atoms with Crippen LogP contribution in [0.3, 0.4) is 0 Å². The Kier molecular flexibility index (Phi) is 2.99. The highest BCUT2D eigenvalue weighted by molar-refractivity contribution is 5.91. The van der Waals surface area contributed by atoms with Crippen molar-refractivity contribution in [3.8, 4) is 0 Å². The van der Waals surface area contributed by atoms with E-state index in [0.717, 1.165) is 5.69 Å². The van der Waals surface area contributed by atoms with Crippen LogP contribution < -0.4 is 5.73 Å². The van der Waals surface area contributed by atoms with Crippen LogP contribution in [0.4, 0.5) is 0 Å². The summed E-state index contributed by atoms with van der Waals surface area (Å²) in [6.45, 7) is 2.30. The van der Waals surface area contributed by atoms with Crippen molar-refractivity contribution in [3.63, 3.8) is 0 Å². The second-order valence-corrected chi connectivity index (χ2v) is 2.61. The lowest BCUT2D eigenvalue weighted by Gasteiger charge is -1.92. The Morgan fingerprint density at radius 3 is 3.00 bits per heavy atom. The first-order chi connectivity index (χ1) is 5.74. The first kappa shape index (κ1) is 8.93. The molecule has 0 amide bonds. The van der Waals surface area contributed by atoms with Gasteiger partial charge in [-0.1, -0.05) is 0 Å². The van der Waals surface area contributed by atoms with Crippen molar-refractivity contribution in [2.75, 3.05) is 6.54 Å².